The molecule has 3 heterocycles. The highest BCUT2D eigenvalue weighted by Gasteiger charge is 2.29. The Labute approximate surface area is 195 Å². The van der Waals surface area contributed by atoms with Crippen molar-refractivity contribution >= 4 is 15.8 Å². The lowest BCUT2D eigenvalue weighted by Crippen LogP contribution is -2.43. The molecule has 8 nitrogen and oxygen atoms in total. The first-order chi connectivity index (χ1) is 15.9. The van der Waals surface area contributed by atoms with Gasteiger partial charge < -0.3 is 14.5 Å². The topological polar surface area (TPSA) is 92.1 Å². The second kappa shape index (κ2) is 10.9. The number of nitrogens with one attached hydrogen (secondary N) is 1. The van der Waals surface area contributed by atoms with Crippen LogP contribution in [0, 0.1) is 5.92 Å². The minimum absolute atomic E-state index is 0.00454. The highest BCUT2D eigenvalue weighted by Crippen LogP contribution is 2.24. The maximum Gasteiger partial charge on any atom is 0.243 e. The molecule has 2 aliphatic rings. The molecule has 1 atom stereocenters. The summed E-state index contributed by atoms with van der Waals surface area (Å²) < 4.78 is 38.7. The van der Waals surface area contributed by atoms with Crippen LogP contribution >= 0.6 is 0 Å². The Balaban J connectivity index is 1.38. The van der Waals surface area contributed by atoms with Gasteiger partial charge in [0.15, 0.2) is 5.78 Å². The van der Waals surface area contributed by atoms with Gasteiger partial charge in [0.2, 0.25) is 10.0 Å². The van der Waals surface area contributed by atoms with Crippen LogP contribution in [0.2, 0.25) is 0 Å². The molecular weight excluding hydrogens is 442 g/mol. The van der Waals surface area contributed by atoms with E-state index < -0.39 is 10.0 Å². The summed E-state index contributed by atoms with van der Waals surface area (Å²) in [6.07, 6.45) is 3.38. The summed E-state index contributed by atoms with van der Waals surface area (Å²) >= 11 is 0. The summed E-state index contributed by atoms with van der Waals surface area (Å²) in [5.74, 6) is 1.25. The Morgan fingerprint density at radius 1 is 1.12 bits per heavy atom. The number of morpholine rings is 1. The Kier molecular flexibility index (Phi) is 7.98. The molecular formula is C24H33N3O5S. The number of carbonyl (C=O) groups excluding carboxylic acids is 1. The van der Waals surface area contributed by atoms with Crippen molar-refractivity contribution in [1.82, 2.24) is 14.5 Å². The number of furan rings is 1. The number of ketones is 1. The van der Waals surface area contributed by atoms with Gasteiger partial charge in [-0.3, -0.25) is 9.69 Å². The quantitative estimate of drug-likeness (QED) is 0.557. The van der Waals surface area contributed by atoms with Crippen LogP contribution in [0.5, 0.6) is 0 Å². The first-order valence-electron chi connectivity index (χ1n) is 11.6. The average Bonchev–Trinajstić information content (AvgIpc) is 3.37. The molecule has 1 aromatic heterocycles. The molecule has 1 aromatic carbocycles. The van der Waals surface area contributed by atoms with Gasteiger partial charge in [-0.1, -0.05) is 19.1 Å². The predicted octanol–water partition coefficient (Wildman–Crippen LogP) is 2.55. The molecule has 4 rings (SSSR count). The highest BCUT2D eigenvalue weighted by molar-refractivity contribution is 7.89. The van der Waals surface area contributed by atoms with Crippen LogP contribution in [-0.2, 0) is 14.8 Å². The SMILES string of the molecule is CC1CCN(S(=O)(=O)c2cccc(C(=O)CNCC(c3ccco3)N3CCOCC3)c2)CC1. The minimum Gasteiger partial charge on any atom is -0.468 e. The van der Waals surface area contributed by atoms with Crippen molar-refractivity contribution in [2.75, 3.05) is 52.5 Å². The minimum atomic E-state index is -3.59. The number of Topliss-reactive ketones (excluding diaryl/α,β-unsaturated/α-hetero) is 1. The van der Waals surface area contributed by atoms with Gasteiger partial charge in [0.1, 0.15) is 5.76 Å². The molecule has 1 N–H and O–H groups in total. The third kappa shape index (κ3) is 5.91. The highest BCUT2D eigenvalue weighted by atomic mass is 32.2. The van der Waals surface area contributed by atoms with Crippen molar-refractivity contribution in [3.05, 3.63) is 54.0 Å². The number of ether oxygens (including phenoxy) is 1. The number of piperidine rings is 1. The monoisotopic (exact) mass is 475 g/mol. The molecule has 0 radical (unpaired) electrons. The molecule has 0 amide bonds. The molecule has 9 heteroatoms. The number of rotatable bonds is 9. The first-order valence-corrected chi connectivity index (χ1v) is 13.1. The zero-order valence-corrected chi connectivity index (χ0v) is 19.9. The molecule has 0 saturated carbocycles. The van der Waals surface area contributed by atoms with E-state index >= 15 is 0 Å². The largest absolute Gasteiger partial charge is 0.468 e. The van der Waals surface area contributed by atoms with E-state index in [1.807, 2.05) is 12.1 Å². The number of benzene rings is 1. The van der Waals surface area contributed by atoms with E-state index in [9.17, 15) is 13.2 Å². The fourth-order valence-corrected chi connectivity index (χ4v) is 5.92. The maximum absolute atomic E-state index is 13.1. The van der Waals surface area contributed by atoms with Gasteiger partial charge in [0.25, 0.3) is 0 Å². The van der Waals surface area contributed by atoms with Crippen LogP contribution in [0.25, 0.3) is 0 Å². The predicted molar refractivity (Wildman–Crippen MR) is 125 cm³/mol. The smallest absolute Gasteiger partial charge is 0.243 e. The Bertz CT molecular complexity index is 1010. The molecule has 2 aliphatic heterocycles. The molecule has 2 fully saturated rings. The van der Waals surface area contributed by atoms with Gasteiger partial charge in [-0.15, -0.1) is 0 Å². The van der Waals surface area contributed by atoms with Crippen LogP contribution in [0.15, 0.2) is 52.0 Å². The number of hydrogen-bond donors (Lipinski definition) is 1. The summed E-state index contributed by atoms with van der Waals surface area (Å²) in [5.41, 5.74) is 0.398. The molecule has 2 saturated heterocycles. The van der Waals surface area contributed by atoms with Gasteiger partial charge in [-0.05, 0) is 43.0 Å². The molecule has 33 heavy (non-hydrogen) atoms. The van der Waals surface area contributed by atoms with Gasteiger partial charge in [0, 0.05) is 38.3 Å². The second-order valence-electron chi connectivity index (χ2n) is 8.85. The molecule has 180 valence electrons. The maximum atomic E-state index is 13.1. The van der Waals surface area contributed by atoms with Gasteiger partial charge in [-0.2, -0.15) is 4.31 Å². The van der Waals surface area contributed by atoms with E-state index in [0.717, 1.165) is 31.7 Å². The van der Waals surface area contributed by atoms with Crippen molar-refractivity contribution < 1.29 is 22.4 Å². The summed E-state index contributed by atoms with van der Waals surface area (Å²) in [7, 11) is -3.59. The normalized spacial score (nSPS) is 20.0. The molecule has 0 aliphatic carbocycles. The fourth-order valence-electron chi connectivity index (χ4n) is 4.41. The first kappa shape index (κ1) is 24.1. The van der Waals surface area contributed by atoms with Crippen molar-refractivity contribution in [2.45, 2.75) is 30.7 Å². The van der Waals surface area contributed by atoms with E-state index in [4.69, 9.17) is 9.15 Å². The van der Waals surface area contributed by atoms with Crippen LogP contribution < -0.4 is 5.32 Å². The van der Waals surface area contributed by atoms with Gasteiger partial charge in [0.05, 0.1) is 37.0 Å². The van der Waals surface area contributed by atoms with Crippen molar-refractivity contribution in [1.29, 1.82) is 0 Å². The average molecular weight is 476 g/mol. The standard InChI is InChI=1S/C24H33N3O5S/c1-19-7-9-27(10-8-19)33(29,30)21-5-2-4-20(16-21)23(28)18-25-17-22(24-6-3-13-32-24)26-11-14-31-15-12-26/h2-6,13,16,19,22,25H,7-12,14-15,17-18H2,1H3. The Hall–Kier alpha value is -2.04. The lowest BCUT2D eigenvalue weighted by molar-refractivity contribution is 0.0117. The third-order valence-electron chi connectivity index (χ3n) is 6.52. The second-order valence-corrected chi connectivity index (χ2v) is 10.8. The summed E-state index contributed by atoms with van der Waals surface area (Å²) in [5, 5.41) is 3.24. The number of nitrogens with zero attached hydrogens (tertiary/aromatic N) is 2. The van der Waals surface area contributed by atoms with Crippen LogP contribution in [0.3, 0.4) is 0 Å². The number of hydrogen-bond acceptors (Lipinski definition) is 7. The van der Waals surface area contributed by atoms with Crippen molar-refractivity contribution in [3.8, 4) is 0 Å². The number of sulfonamides is 1. The Morgan fingerprint density at radius 2 is 1.88 bits per heavy atom. The third-order valence-corrected chi connectivity index (χ3v) is 8.41. The van der Waals surface area contributed by atoms with Crippen LogP contribution in [-0.4, -0.2) is 75.9 Å². The van der Waals surface area contributed by atoms with E-state index in [0.29, 0.717) is 44.3 Å². The van der Waals surface area contributed by atoms with E-state index in [2.05, 4.69) is 17.1 Å². The summed E-state index contributed by atoms with van der Waals surface area (Å²) in [4.78, 5) is 15.3. The van der Waals surface area contributed by atoms with Crippen molar-refractivity contribution in [3.63, 3.8) is 0 Å². The number of carbonyl (C=O) groups is 1. The fraction of sp³-hybridized carbons (Fsp3) is 0.542. The van der Waals surface area contributed by atoms with Crippen molar-refractivity contribution in [2.24, 2.45) is 5.92 Å². The van der Waals surface area contributed by atoms with Gasteiger partial charge in [-0.25, -0.2) is 8.42 Å². The summed E-state index contributed by atoms with van der Waals surface area (Å²) in [6, 6.07) is 10.2. The molecule has 1 unspecified atom stereocenters. The van der Waals surface area contributed by atoms with E-state index in [1.54, 1.807) is 24.5 Å². The van der Waals surface area contributed by atoms with E-state index in [1.165, 1.54) is 10.4 Å². The molecule has 0 spiro atoms. The zero-order valence-electron chi connectivity index (χ0n) is 19.1. The van der Waals surface area contributed by atoms with Gasteiger partial charge >= 0.3 is 0 Å². The van der Waals surface area contributed by atoms with Crippen LogP contribution in [0.4, 0.5) is 0 Å². The molecule has 0 bridgehead atoms. The zero-order chi connectivity index (χ0) is 23.3. The lowest BCUT2D eigenvalue weighted by atomic mass is 10.0. The van der Waals surface area contributed by atoms with Crippen LogP contribution in [0.1, 0.15) is 41.9 Å². The summed E-state index contributed by atoms with van der Waals surface area (Å²) in [6.45, 7) is 6.81. The lowest BCUT2D eigenvalue weighted by Gasteiger charge is -2.33. The van der Waals surface area contributed by atoms with E-state index in [-0.39, 0.29) is 23.3 Å². The Morgan fingerprint density at radius 3 is 2.58 bits per heavy atom. The molecule has 2 aromatic rings.